The van der Waals surface area contributed by atoms with E-state index < -0.39 is 20.0 Å². The van der Waals surface area contributed by atoms with E-state index in [1.807, 2.05) is 0 Å². The molecule has 0 spiro atoms. The van der Waals surface area contributed by atoms with Crippen LogP contribution in [0.25, 0.3) is 34.4 Å². The second kappa shape index (κ2) is 9.38. The molecule has 7 rings (SSSR count). The molecule has 40 heavy (non-hydrogen) atoms. The number of fused-ring (bicyclic) bond motifs is 6. The number of benzene rings is 4. The third-order valence-corrected chi connectivity index (χ3v) is 25.6. The van der Waals surface area contributed by atoms with E-state index in [9.17, 15) is 0 Å². The normalized spacial score (nSPS) is 21.1. The first-order valence-corrected chi connectivity index (χ1v) is 26.5. The summed E-state index contributed by atoms with van der Waals surface area (Å²) in [5, 5.41) is 0. The molecule has 0 nitrogen and oxygen atoms in total. The van der Waals surface area contributed by atoms with Crippen LogP contribution < -0.4 is 0 Å². The van der Waals surface area contributed by atoms with Crippen LogP contribution in [0.3, 0.4) is 0 Å². The maximum atomic E-state index is 2.75. The van der Waals surface area contributed by atoms with Gasteiger partial charge >= 0.3 is 246 Å². The van der Waals surface area contributed by atoms with E-state index in [0.29, 0.717) is 7.35 Å². The van der Waals surface area contributed by atoms with Gasteiger partial charge in [-0.25, -0.2) is 0 Å². The molecule has 2 atom stereocenters. The number of aryl methyl sites for hydroxylation is 2. The van der Waals surface area contributed by atoms with E-state index >= 15 is 0 Å². The van der Waals surface area contributed by atoms with Crippen molar-refractivity contribution in [2.45, 2.75) is 57.2 Å². The van der Waals surface area contributed by atoms with E-state index in [0.717, 1.165) is 12.8 Å². The molecule has 1 heteroatoms. The molecule has 3 aliphatic rings. The Morgan fingerprint density at radius 1 is 0.550 bits per heavy atom. The first kappa shape index (κ1) is 26.1. The molecule has 200 valence electrons. The summed E-state index contributed by atoms with van der Waals surface area (Å²) in [4.78, 5) is 0. The molecule has 1 fully saturated rings. The third kappa shape index (κ3) is 3.59. The van der Waals surface area contributed by atoms with E-state index in [-0.39, 0.29) is 5.41 Å². The van der Waals surface area contributed by atoms with Crippen LogP contribution in [0.1, 0.15) is 68.4 Å². The van der Waals surface area contributed by atoms with Crippen molar-refractivity contribution in [2.75, 3.05) is 0 Å². The standard InChI is InChI=1S/C37H34.2CH3.Hf/c1-5-25-13-7-9-17-31(25)33-19-11-15-27-21-29(23-35(27)33)37(3,4)30-22-28-16-12-20-34(36(28)24-30)32-18-10-8-14-26(32)6-2;;;/h7-24H,5-6H2,1-4H3;2*1H3;. The number of rotatable bonds is 4. The summed E-state index contributed by atoms with van der Waals surface area (Å²) in [6, 6.07) is 32.4. The van der Waals surface area contributed by atoms with Crippen LogP contribution in [0.5, 0.6) is 0 Å². The predicted octanol–water partition coefficient (Wildman–Crippen LogP) is 11.0. The van der Waals surface area contributed by atoms with Crippen LogP contribution in [0.2, 0.25) is 9.36 Å². The SMILES string of the molecule is CCc1ccccc1-c1cccc2c1C=C1[CH]2[Hf]([CH3])([CH3])[CH]2C(=Cc3c(-c4ccccc4CC)cccc32)C1(C)C. The predicted molar refractivity (Wildman–Crippen MR) is 169 cm³/mol. The van der Waals surface area contributed by atoms with Crippen molar-refractivity contribution in [2.24, 2.45) is 5.41 Å². The molecular weight excluding hydrogens is 647 g/mol. The molecule has 1 heterocycles. The maximum absolute atomic E-state index is 3.02. The zero-order valence-corrected chi connectivity index (χ0v) is 28.4. The average Bonchev–Trinajstić information content (AvgIpc) is 3.58. The van der Waals surface area contributed by atoms with Gasteiger partial charge in [-0.05, 0) is 0 Å². The molecule has 0 bridgehead atoms. The molecule has 0 saturated carbocycles. The van der Waals surface area contributed by atoms with Gasteiger partial charge in [0.15, 0.2) is 0 Å². The summed E-state index contributed by atoms with van der Waals surface area (Å²) in [5.41, 5.74) is 18.2. The van der Waals surface area contributed by atoms with E-state index in [2.05, 4.69) is 134 Å². The molecule has 0 radical (unpaired) electrons. The molecule has 1 aliphatic heterocycles. The first-order valence-electron chi connectivity index (χ1n) is 15.2. The van der Waals surface area contributed by atoms with Crippen molar-refractivity contribution in [1.82, 2.24) is 0 Å². The second-order valence-corrected chi connectivity index (χ2v) is 30.4. The summed E-state index contributed by atoms with van der Waals surface area (Å²) in [5.74, 6) is 0. The molecule has 1 saturated heterocycles. The quantitative estimate of drug-likeness (QED) is 0.187. The van der Waals surface area contributed by atoms with Crippen LogP contribution in [0.15, 0.2) is 96.1 Å². The zero-order valence-electron chi connectivity index (χ0n) is 24.8. The molecule has 2 aliphatic carbocycles. The molecule has 2 unspecified atom stereocenters. The van der Waals surface area contributed by atoms with Crippen molar-refractivity contribution in [1.29, 1.82) is 0 Å². The summed E-state index contributed by atoms with van der Waals surface area (Å²) in [7, 11) is 0. The van der Waals surface area contributed by atoms with Gasteiger partial charge in [0.25, 0.3) is 0 Å². The van der Waals surface area contributed by atoms with Crippen molar-refractivity contribution in [3.05, 3.63) is 129 Å². The Labute approximate surface area is 245 Å². The monoisotopic (exact) mass is 688 g/mol. The van der Waals surface area contributed by atoms with Gasteiger partial charge in [-0.2, -0.15) is 0 Å². The number of hydrogen-bond donors (Lipinski definition) is 0. The Bertz CT molecular complexity index is 1600. The van der Waals surface area contributed by atoms with Crippen LogP contribution in [-0.2, 0) is 32.8 Å². The Morgan fingerprint density at radius 3 is 1.38 bits per heavy atom. The molecule has 0 aromatic heterocycles. The van der Waals surface area contributed by atoms with Gasteiger partial charge in [-0.1, -0.05) is 0 Å². The van der Waals surface area contributed by atoms with E-state index in [1.165, 1.54) is 44.5 Å². The van der Waals surface area contributed by atoms with Gasteiger partial charge < -0.3 is 0 Å². The average molecular weight is 687 g/mol. The van der Waals surface area contributed by atoms with Crippen LogP contribution in [-0.4, -0.2) is 0 Å². The Hall–Kier alpha value is -2.77. The van der Waals surface area contributed by atoms with Gasteiger partial charge in [0.1, 0.15) is 0 Å². The molecule has 0 amide bonds. The fourth-order valence-corrected chi connectivity index (χ4v) is 26.2. The van der Waals surface area contributed by atoms with Crippen molar-refractivity contribution in [3.8, 4) is 22.3 Å². The summed E-state index contributed by atoms with van der Waals surface area (Å²) in [6.45, 7) is 9.60. The summed E-state index contributed by atoms with van der Waals surface area (Å²) >= 11 is -3.02. The molecule has 4 aromatic carbocycles. The minimum absolute atomic E-state index is 0.0337. The Balaban J connectivity index is 1.43. The molecule has 4 aromatic rings. The zero-order chi connectivity index (χ0) is 27.8. The second-order valence-electron chi connectivity index (χ2n) is 13.2. The van der Waals surface area contributed by atoms with E-state index in [4.69, 9.17) is 0 Å². The van der Waals surface area contributed by atoms with Gasteiger partial charge in [-0.15, -0.1) is 0 Å². The molecular formula is C39H40Hf. The van der Waals surface area contributed by atoms with Crippen molar-refractivity contribution >= 4 is 12.2 Å². The Morgan fingerprint density at radius 2 is 0.950 bits per heavy atom. The van der Waals surface area contributed by atoms with Crippen LogP contribution in [0.4, 0.5) is 0 Å². The van der Waals surface area contributed by atoms with Crippen molar-refractivity contribution in [3.63, 3.8) is 0 Å². The minimum atomic E-state index is -3.02. The summed E-state index contributed by atoms with van der Waals surface area (Å²) < 4.78 is 6.74. The van der Waals surface area contributed by atoms with Gasteiger partial charge in [0, 0.05) is 0 Å². The van der Waals surface area contributed by atoms with Gasteiger partial charge in [-0.3, -0.25) is 0 Å². The fraction of sp³-hybridized carbons (Fsp3) is 0.282. The fourth-order valence-electron chi connectivity index (χ4n) is 8.48. The van der Waals surface area contributed by atoms with Crippen LogP contribution >= 0.6 is 0 Å². The van der Waals surface area contributed by atoms with Crippen LogP contribution in [0, 0.1) is 5.41 Å². The number of hydrogen-bond acceptors (Lipinski definition) is 0. The topological polar surface area (TPSA) is 0 Å². The molecule has 0 N–H and O–H groups in total. The van der Waals surface area contributed by atoms with Crippen molar-refractivity contribution < 1.29 is 20.0 Å². The number of allylic oxidation sites excluding steroid dienone is 2. The van der Waals surface area contributed by atoms with E-state index in [1.54, 1.807) is 22.3 Å². The van der Waals surface area contributed by atoms with Gasteiger partial charge in [0.2, 0.25) is 0 Å². The van der Waals surface area contributed by atoms with Gasteiger partial charge in [0.05, 0.1) is 0 Å². The first-order chi connectivity index (χ1) is 19.3. The third-order valence-electron chi connectivity index (χ3n) is 10.4. The Kier molecular flexibility index (Phi) is 6.13. The summed E-state index contributed by atoms with van der Waals surface area (Å²) in [6.07, 6.45) is 7.39.